The number of carbonyl (C=O) groups excluding carboxylic acids is 1. The van der Waals surface area contributed by atoms with Crippen LogP contribution >= 0.6 is 0 Å². The number of hydrogen-bond acceptors (Lipinski definition) is 4. The van der Waals surface area contributed by atoms with Crippen LogP contribution in [0.25, 0.3) is 6.08 Å². The number of benzene rings is 3. The summed E-state index contributed by atoms with van der Waals surface area (Å²) in [5.41, 5.74) is 2.27. The maximum Gasteiger partial charge on any atom is 0.416 e. The molecule has 2 heterocycles. The number of alkyl halides is 3. The SMILES string of the molecule is O=C1/C(=C\c2ccc(C(F)(F)F)cc2)C(c2ccccc2)Oc2ccc(N3CCOCC3)cc21. The van der Waals surface area contributed by atoms with Crippen LogP contribution in [-0.4, -0.2) is 32.1 Å². The molecule has 0 N–H and O–H groups in total. The Balaban J connectivity index is 1.55. The molecule has 174 valence electrons. The Morgan fingerprint density at radius 3 is 2.29 bits per heavy atom. The van der Waals surface area contributed by atoms with Gasteiger partial charge < -0.3 is 14.4 Å². The number of fused-ring (bicyclic) bond motifs is 1. The third kappa shape index (κ3) is 4.43. The second-order valence-corrected chi connectivity index (χ2v) is 8.24. The van der Waals surface area contributed by atoms with E-state index < -0.39 is 17.8 Å². The first kappa shape index (κ1) is 22.2. The molecule has 1 saturated heterocycles. The number of Topliss-reactive ketones (excluding diaryl/α,β-unsaturated/α-hetero) is 1. The highest BCUT2D eigenvalue weighted by Crippen LogP contribution is 2.41. The van der Waals surface area contributed by atoms with Crippen LogP contribution in [-0.2, 0) is 10.9 Å². The second-order valence-electron chi connectivity index (χ2n) is 8.24. The zero-order valence-electron chi connectivity index (χ0n) is 18.2. The number of halogens is 3. The maximum absolute atomic E-state index is 13.7. The molecule has 4 nitrogen and oxygen atoms in total. The maximum atomic E-state index is 13.7. The summed E-state index contributed by atoms with van der Waals surface area (Å²) in [7, 11) is 0. The first-order chi connectivity index (χ1) is 16.4. The van der Waals surface area contributed by atoms with Crippen molar-refractivity contribution in [3.05, 3.63) is 101 Å². The molecular formula is C27H22F3NO3. The highest BCUT2D eigenvalue weighted by atomic mass is 19.4. The summed E-state index contributed by atoms with van der Waals surface area (Å²) in [5.74, 6) is 0.283. The normalized spacial score (nSPS) is 19.6. The van der Waals surface area contributed by atoms with Crippen LogP contribution in [0.5, 0.6) is 5.75 Å². The Morgan fingerprint density at radius 1 is 0.912 bits per heavy atom. The molecule has 0 aromatic heterocycles. The van der Waals surface area contributed by atoms with Gasteiger partial charge in [0.05, 0.1) is 24.3 Å². The average Bonchev–Trinajstić information content (AvgIpc) is 2.86. The summed E-state index contributed by atoms with van der Waals surface area (Å²) in [6.45, 7) is 2.71. The van der Waals surface area contributed by atoms with Gasteiger partial charge in [-0.3, -0.25) is 4.79 Å². The summed E-state index contributed by atoms with van der Waals surface area (Å²) in [6, 6.07) is 19.7. The lowest BCUT2D eigenvalue weighted by atomic mass is 9.89. The molecular weight excluding hydrogens is 443 g/mol. The van der Waals surface area contributed by atoms with E-state index in [2.05, 4.69) is 4.90 Å². The summed E-state index contributed by atoms with van der Waals surface area (Å²) in [4.78, 5) is 15.8. The molecule has 7 heteroatoms. The Bertz CT molecular complexity index is 1210. The molecule has 3 aromatic rings. The van der Waals surface area contributed by atoms with Crippen LogP contribution in [0.1, 0.15) is 33.2 Å². The number of carbonyl (C=O) groups is 1. The van der Waals surface area contributed by atoms with E-state index in [9.17, 15) is 18.0 Å². The van der Waals surface area contributed by atoms with Gasteiger partial charge in [-0.05, 0) is 47.5 Å². The van der Waals surface area contributed by atoms with Crippen molar-refractivity contribution in [1.82, 2.24) is 0 Å². The minimum Gasteiger partial charge on any atom is -0.480 e. The predicted molar refractivity (Wildman–Crippen MR) is 123 cm³/mol. The van der Waals surface area contributed by atoms with E-state index in [1.165, 1.54) is 12.1 Å². The molecule has 0 radical (unpaired) electrons. The molecule has 0 spiro atoms. The first-order valence-corrected chi connectivity index (χ1v) is 11.0. The highest BCUT2D eigenvalue weighted by Gasteiger charge is 2.34. The minimum atomic E-state index is -4.42. The molecule has 0 saturated carbocycles. The Morgan fingerprint density at radius 2 is 1.62 bits per heavy atom. The van der Waals surface area contributed by atoms with Gasteiger partial charge in [0.15, 0.2) is 11.9 Å². The van der Waals surface area contributed by atoms with Crippen LogP contribution in [0.2, 0.25) is 0 Å². The molecule has 1 atom stereocenters. The number of nitrogens with zero attached hydrogens (tertiary/aromatic N) is 1. The van der Waals surface area contributed by atoms with Crippen molar-refractivity contribution in [2.75, 3.05) is 31.2 Å². The van der Waals surface area contributed by atoms with Crippen molar-refractivity contribution in [2.45, 2.75) is 12.3 Å². The lowest BCUT2D eigenvalue weighted by molar-refractivity contribution is -0.137. The number of ketones is 1. The van der Waals surface area contributed by atoms with Crippen molar-refractivity contribution < 1.29 is 27.4 Å². The van der Waals surface area contributed by atoms with Crippen LogP contribution < -0.4 is 9.64 Å². The van der Waals surface area contributed by atoms with Crippen molar-refractivity contribution >= 4 is 17.5 Å². The van der Waals surface area contributed by atoms with Gasteiger partial charge in [0.1, 0.15) is 5.75 Å². The van der Waals surface area contributed by atoms with Gasteiger partial charge >= 0.3 is 6.18 Å². The van der Waals surface area contributed by atoms with E-state index >= 15 is 0 Å². The molecule has 2 aliphatic rings. The molecule has 0 amide bonds. The van der Waals surface area contributed by atoms with E-state index in [0.29, 0.717) is 35.7 Å². The van der Waals surface area contributed by atoms with Crippen LogP contribution in [0.4, 0.5) is 18.9 Å². The Labute approximate surface area is 195 Å². The van der Waals surface area contributed by atoms with Crippen molar-refractivity contribution in [2.24, 2.45) is 0 Å². The molecule has 1 fully saturated rings. The molecule has 34 heavy (non-hydrogen) atoms. The average molecular weight is 465 g/mol. The van der Waals surface area contributed by atoms with Crippen molar-refractivity contribution in [1.29, 1.82) is 0 Å². The van der Waals surface area contributed by atoms with Gasteiger partial charge in [0, 0.05) is 24.4 Å². The number of anilines is 1. The third-order valence-corrected chi connectivity index (χ3v) is 6.04. The number of ether oxygens (including phenoxy) is 2. The zero-order valence-corrected chi connectivity index (χ0v) is 18.2. The van der Waals surface area contributed by atoms with Crippen molar-refractivity contribution in [3.63, 3.8) is 0 Å². The largest absolute Gasteiger partial charge is 0.480 e. The number of rotatable bonds is 3. The predicted octanol–water partition coefficient (Wildman–Crippen LogP) is 5.94. The van der Waals surface area contributed by atoms with Crippen LogP contribution in [0.15, 0.2) is 78.4 Å². The summed E-state index contributed by atoms with van der Waals surface area (Å²) in [5, 5.41) is 0. The molecule has 2 aliphatic heterocycles. The minimum absolute atomic E-state index is 0.204. The fourth-order valence-electron chi connectivity index (χ4n) is 4.25. The zero-order chi connectivity index (χ0) is 23.7. The Hall–Kier alpha value is -3.58. The lowest BCUT2D eigenvalue weighted by Gasteiger charge is -2.32. The van der Waals surface area contributed by atoms with Gasteiger partial charge in [-0.2, -0.15) is 13.2 Å². The molecule has 5 rings (SSSR count). The monoisotopic (exact) mass is 465 g/mol. The van der Waals surface area contributed by atoms with Gasteiger partial charge in [0.2, 0.25) is 0 Å². The summed E-state index contributed by atoms with van der Waals surface area (Å²) >= 11 is 0. The Kier molecular flexibility index (Phi) is 5.87. The van der Waals surface area contributed by atoms with E-state index in [0.717, 1.165) is 36.5 Å². The molecule has 0 aliphatic carbocycles. The number of hydrogen-bond donors (Lipinski definition) is 0. The topological polar surface area (TPSA) is 38.8 Å². The van der Waals surface area contributed by atoms with E-state index in [-0.39, 0.29) is 5.78 Å². The fraction of sp³-hybridized carbons (Fsp3) is 0.222. The van der Waals surface area contributed by atoms with E-state index in [4.69, 9.17) is 9.47 Å². The fourth-order valence-corrected chi connectivity index (χ4v) is 4.25. The van der Waals surface area contributed by atoms with Gasteiger partial charge in [0.25, 0.3) is 0 Å². The third-order valence-electron chi connectivity index (χ3n) is 6.04. The van der Waals surface area contributed by atoms with Crippen molar-refractivity contribution in [3.8, 4) is 5.75 Å². The van der Waals surface area contributed by atoms with E-state index in [1.54, 1.807) is 6.08 Å². The quantitative estimate of drug-likeness (QED) is 0.449. The van der Waals surface area contributed by atoms with Gasteiger partial charge in [-0.25, -0.2) is 0 Å². The lowest BCUT2D eigenvalue weighted by Crippen LogP contribution is -2.36. The van der Waals surface area contributed by atoms with Crippen LogP contribution in [0, 0.1) is 0 Å². The second kappa shape index (κ2) is 8.99. The standard InChI is InChI=1S/C27H22F3NO3/c28-27(29,30)20-8-6-18(7-9-20)16-23-25(32)22-17-21(31-12-14-33-15-13-31)10-11-24(22)34-26(23)19-4-2-1-3-5-19/h1-11,16-17,26H,12-15H2/b23-16+. The van der Waals surface area contributed by atoms with Gasteiger partial charge in [-0.1, -0.05) is 42.5 Å². The van der Waals surface area contributed by atoms with Crippen LogP contribution in [0.3, 0.4) is 0 Å². The smallest absolute Gasteiger partial charge is 0.416 e. The van der Waals surface area contributed by atoms with Gasteiger partial charge in [-0.15, -0.1) is 0 Å². The number of morpholine rings is 1. The van der Waals surface area contributed by atoms with E-state index in [1.807, 2.05) is 48.5 Å². The molecule has 1 unspecified atom stereocenters. The first-order valence-electron chi connectivity index (χ1n) is 11.0. The molecule has 0 bridgehead atoms. The highest BCUT2D eigenvalue weighted by molar-refractivity contribution is 6.15. The summed E-state index contributed by atoms with van der Waals surface area (Å²) < 4.78 is 50.6. The molecule has 3 aromatic carbocycles. The summed E-state index contributed by atoms with van der Waals surface area (Å²) in [6.07, 6.45) is -3.47.